The van der Waals surface area contributed by atoms with Crippen LogP contribution in [0.25, 0.3) is 0 Å². The van der Waals surface area contributed by atoms with Crippen molar-refractivity contribution in [2.45, 2.75) is 52.9 Å². The van der Waals surface area contributed by atoms with E-state index < -0.39 is 0 Å². The third-order valence-electron chi connectivity index (χ3n) is 3.18. The first kappa shape index (κ1) is 13.0. The number of carbonyl (C=O) groups is 1. The molecule has 0 bridgehead atoms. The Morgan fingerprint density at radius 3 is 2.44 bits per heavy atom. The van der Waals surface area contributed by atoms with Crippen molar-refractivity contribution in [3.05, 3.63) is 34.9 Å². The number of aryl methyl sites for hydroxylation is 1. The van der Waals surface area contributed by atoms with Crippen LogP contribution < -0.4 is 0 Å². The molecule has 1 heteroatoms. The predicted octanol–water partition coefficient (Wildman–Crippen LogP) is 4.28. The molecule has 0 fully saturated rings. The van der Waals surface area contributed by atoms with Crippen LogP contribution in [0, 0.1) is 6.92 Å². The molecule has 0 unspecified atom stereocenters. The van der Waals surface area contributed by atoms with Gasteiger partial charge in [0.1, 0.15) is 0 Å². The number of hydrogen-bond acceptors (Lipinski definition) is 1. The normalized spacial score (nSPS) is 17.2. The van der Waals surface area contributed by atoms with E-state index in [1.54, 1.807) is 0 Å². The van der Waals surface area contributed by atoms with Crippen LogP contribution in [0.2, 0.25) is 0 Å². The zero-order valence-corrected chi connectivity index (χ0v) is 11.1. The Morgan fingerprint density at radius 1 is 1.19 bits per heavy atom. The second kappa shape index (κ2) is 4.82. The lowest BCUT2D eigenvalue weighted by molar-refractivity contribution is 0.0957. The number of carbonyl (C=O) groups excluding carboxylic acids is 1. The van der Waals surface area contributed by atoms with Gasteiger partial charge < -0.3 is 0 Å². The highest BCUT2D eigenvalue weighted by molar-refractivity contribution is 5.99. The minimum atomic E-state index is 0.162. The van der Waals surface area contributed by atoms with Gasteiger partial charge in [0, 0.05) is 12.0 Å². The minimum absolute atomic E-state index is 0.162. The van der Waals surface area contributed by atoms with Crippen LogP contribution in [0.3, 0.4) is 0 Å². The summed E-state index contributed by atoms with van der Waals surface area (Å²) in [6.07, 6.45) is 1.67. The van der Waals surface area contributed by atoms with E-state index in [1.807, 2.05) is 26.0 Å². The maximum Gasteiger partial charge on any atom is 0.163 e. The van der Waals surface area contributed by atoms with Crippen molar-refractivity contribution < 1.29 is 4.79 Å². The van der Waals surface area contributed by atoms with E-state index in [9.17, 15) is 4.79 Å². The van der Waals surface area contributed by atoms with Gasteiger partial charge in [0.25, 0.3) is 0 Å². The Labute approximate surface area is 98.9 Å². The molecule has 0 heterocycles. The number of benzene rings is 1. The number of Topliss-reactive ketones (excluding diaryl/α,β-unsaturated/α-hetero) is 1. The van der Waals surface area contributed by atoms with Crippen molar-refractivity contribution in [3.8, 4) is 0 Å². The van der Waals surface area contributed by atoms with Gasteiger partial charge in [-0.25, -0.2) is 0 Å². The van der Waals surface area contributed by atoms with Crippen LogP contribution in [0.1, 0.15) is 62.0 Å². The highest BCUT2D eigenvalue weighted by atomic mass is 16.1. The van der Waals surface area contributed by atoms with Crippen LogP contribution >= 0.6 is 0 Å². The Balaban J connectivity index is 0.000000606. The van der Waals surface area contributed by atoms with Crippen LogP contribution in [0.5, 0.6) is 0 Å². The monoisotopic (exact) mass is 218 g/mol. The van der Waals surface area contributed by atoms with E-state index in [0.717, 1.165) is 12.0 Å². The summed E-state index contributed by atoms with van der Waals surface area (Å²) in [6.45, 7) is 10.5. The van der Waals surface area contributed by atoms with Crippen LogP contribution in [-0.4, -0.2) is 5.78 Å². The maximum atomic E-state index is 11.7. The second-order valence-electron chi connectivity index (χ2n) is 4.86. The van der Waals surface area contributed by atoms with E-state index >= 15 is 0 Å². The highest BCUT2D eigenvalue weighted by Gasteiger charge is 2.31. The Kier molecular flexibility index (Phi) is 3.90. The second-order valence-corrected chi connectivity index (χ2v) is 4.86. The lowest BCUT2D eigenvalue weighted by Crippen LogP contribution is -2.27. The molecular formula is C15H22O. The summed E-state index contributed by atoms with van der Waals surface area (Å²) in [5, 5.41) is 0. The fourth-order valence-corrected chi connectivity index (χ4v) is 2.16. The molecule has 0 amide bonds. The third-order valence-corrected chi connectivity index (χ3v) is 3.18. The zero-order valence-electron chi connectivity index (χ0n) is 11.1. The Morgan fingerprint density at radius 2 is 1.81 bits per heavy atom. The van der Waals surface area contributed by atoms with Gasteiger partial charge in [0.2, 0.25) is 0 Å². The van der Waals surface area contributed by atoms with Crippen molar-refractivity contribution in [3.63, 3.8) is 0 Å². The fraction of sp³-hybridized carbons (Fsp3) is 0.533. The van der Waals surface area contributed by atoms with Crippen molar-refractivity contribution in [2.75, 3.05) is 0 Å². The first-order valence-corrected chi connectivity index (χ1v) is 6.15. The molecule has 1 aromatic carbocycles. The van der Waals surface area contributed by atoms with Gasteiger partial charge in [-0.1, -0.05) is 51.5 Å². The molecule has 0 radical (unpaired) electrons. The molecule has 0 N–H and O–H groups in total. The number of ketones is 1. The summed E-state index contributed by atoms with van der Waals surface area (Å²) < 4.78 is 0. The Hall–Kier alpha value is -1.11. The molecule has 1 aromatic rings. The Bertz CT molecular complexity index is 388. The highest BCUT2D eigenvalue weighted by Crippen LogP contribution is 2.36. The van der Waals surface area contributed by atoms with Gasteiger partial charge in [-0.2, -0.15) is 0 Å². The largest absolute Gasteiger partial charge is 0.294 e. The van der Waals surface area contributed by atoms with Crippen LogP contribution in [0.15, 0.2) is 18.2 Å². The van der Waals surface area contributed by atoms with E-state index in [4.69, 9.17) is 0 Å². The summed E-state index contributed by atoms with van der Waals surface area (Å²) in [5.41, 5.74) is 3.57. The molecule has 0 saturated carbocycles. The third kappa shape index (κ3) is 2.34. The average Bonchev–Trinajstić information content (AvgIpc) is 2.27. The average molecular weight is 218 g/mol. The van der Waals surface area contributed by atoms with Gasteiger partial charge in [0.15, 0.2) is 5.78 Å². The summed E-state index contributed by atoms with van der Waals surface area (Å²) >= 11 is 0. The van der Waals surface area contributed by atoms with Gasteiger partial charge in [0.05, 0.1) is 0 Å². The lowest BCUT2D eigenvalue weighted by Gasteiger charge is -2.31. The summed E-state index contributed by atoms with van der Waals surface area (Å²) in [7, 11) is 0. The summed E-state index contributed by atoms with van der Waals surface area (Å²) in [5.74, 6) is 0.305. The smallest absolute Gasteiger partial charge is 0.163 e. The fourth-order valence-electron chi connectivity index (χ4n) is 2.16. The molecule has 2 rings (SSSR count). The first-order valence-electron chi connectivity index (χ1n) is 6.15. The molecule has 1 aliphatic rings. The van der Waals surface area contributed by atoms with Gasteiger partial charge in [-0.3, -0.25) is 4.79 Å². The van der Waals surface area contributed by atoms with Gasteiger partial charge >= 0.3 is 0 Å². The minimum Gasteiger partial charge on any atom is -0.294 e. The number of fused-ring (bicyclic) bond motifs is 1. The van der Waals surface area contributed by atoms with Crippen molar-refractivity contribution in [1.29, 1.82) is 0 Å². The number of rotatable bonds is 0. The summed E-state index contributed by atoms with van der Waals surface area (Å²) in [4.78, 5) is 11.7. The molecule has 88 valence electrons. The molecule has 0 saturated heterocycles. The molecule has 0 spiro atoms. The molecule has 16 heavy (non-hydrogen) atoms. The first-order chi connectivity index (χ1) is 7.50. The standard InChI is InChI=1S/C13H16O.C2H6/c1-9-4-5-10-11(8-9)13(2,3)7-6-12(10)14;1-2/h4-5,8H,6-7H2,1-3H3;1-2H3. The SMILES string of the molecule is CC.Cc1ccc2c(c1)C(C)(C)CCC2=O. The van der Waals surface area contributed by atoms with Crippen LogP contribution in [0.4, 0.5) is 0 Å². The molecule has 0 aromatic heterocycles. The van der Waals surface area contributed by atoms with E-state index in [0.29, 0.717) is 12.2 Å². The lowest BCUT2D eigenvalue weighted by atomic mass is 9.72. The van der Waals surface area contributed by atoms with Gasteiger partial charge in [-0.05, 0) is 24.3 Å². The molecule has 1 nitrogen and oxygen atoms in total. The van der Waals surface area contributed by atoms with Crippen molar-refractivity contribution >= 4 is 5.78 Å². The zero-order chi connectivity index (χ0) is 12.3. The van der Waals surface area contributed by atoms with Crippen molar-refractivity contribution in [2.24, 2.45) is 0 Å². The molecule has 0 aliphatic heterocycles. The van der Waals surface area contributed by atoms with E-state index in [1.165, 1.54) is 11.1 Å². The van der Waals surface area contributed by atoms with E-state index in [-0.39, 0.29) is 5.41 Å². The predicted molar refractivity (Wildman–Crippen MR) is 69.1 cm³/mol. The topological polar surface area (TPSA) is 17.1 Å². The van der Waals surface area contributed by atoms with Crippen molar-refractivity contribution in [1.82, 2.24) is 0 Å². The molecular weight excluding hydrogens is 196 g/mol. The number of hydrogen-bond donors (Lipinski definition) is 0. The maximum absolute atomic E-state index is 11.7. The summed E-state index contributed by atoms with van der Waals surface area (Å²) in [6, 6.07) is 6.17. The van der Waals surface area contributed by atoms with Crippen LogP contribution in [-0.2, 0) is 5.41 Å². The van der Waals surface area contributed by atoms with Gasteiger partial charge in [-0.15, -0.1) is 0 Å². The van der Waals surface area contributed by atoms with E-state index in [2.05, 4.69) is 26.8 Å². The molecule has 0 atom stereocenters. The molecule has 1 aliphatic carbocycles. The quantitative estimate of drug-likeness (QED) is 0.635.